The van der Waals surface area contributed by atoms with Crippen molar-refractivity contribution in [1.29, 1.82) is 0 Å². The van der Waals surface area contributed by atoms with Crippen molar-refractivity contribution in [3.8, 4) is 0 Å². The molecular weight excluding hydrogens is 326 g/mol. The van der Waals surface area contributed by atoms with Gasteiger partial charge < -0.3 is 9.88 Å². The molecule has 0 amide bonds. The van der Waals surface area contributed by atoms with E-state index in [-0.39, 0.29) is 5.56 Å². The van der Waals surface area contributed by atoms with Crippen LogP contribution in [-0.2, 0) is 13.0 Å². The number of H-pyrrole nitrogens is 1. The first kappa shape index (κ1) is 16.7. The third-order valence-electron chi connectivity index (χ3n) is 5.00. The number of piperazine rings is 1. The molecule has 0 unspecified atom stereocenters. The quantitative estimate of drug-likeness (QED) is 0.782. The Bertz CT molecular complexity index is 945. The molecule has 0 aromatic carbocycles. The topological polar surface area (TPSA) is 65.1 Å². The molecule has 3 aromatic heterocycles. The average Bonchev–Trinajstić information content (AvgIpc) is 2.69. The number of anilines is 1. The van der Waals surface area contributed by atoms with Gasteiger partial charge in [0.2, 0.25) is 0 Å². The van der Waals surface area contributed by atoms with Gasteiger partial charge in [0.1, 0.15) is 0 Å². The van der Waals surface area contributed by atoms with E-state index in [1.54, 1.807) is 6.20 Å². The molecule has 1 aliphatic heterocycles. The third kappa shape index (κ3) is 3.46. The Balaban J connectivity index is 1.44. The zero-order valence-electron chi connectivity index (χ0n) is 15.0. The lowest BCUT2D eigenvalue weighted by molar-refractivity contribution is 0.249. The fourth-order valence-corrected chi connectivity index (χ4v) is 3.48. The molecule has 0 bridgehead atoms. The molecule has 3 aromatic rings. The van der Waals surface area contributed by atoms with Crippen LogP contribution in [0.15, 0.2) is 47.7 Å². The van der Waals surface area contributed by atoms with E-state index in [0.717, 1.165) is 61.3 Å². The summed E-state index contributed by atoms with van der Waals surface area (Å²) >= 11 is 0. The number of hydrogen-bond acceptors (Lipinski definition) is 5. The molecule has 1 N–H and O–H groups in total. The van der Waals surface area contributed by atoms with Gasteiger partial charge in [0, 0.05) is 50.7 Å². The van der Waals surface area contributed by atoms with Crippen LogP contribution in [0.25, 0.3) is 11.0 Å². The summed E-state index contributed by atoms with van der Waals surface area (Å²) in [5.41, 5.74) is 4.76. The number of aromatic nitrogens is 3. The van der Waals surface area contributed by atoms with Crippen LogP contribution < -0.4 is 10.5 Å². The Morgan fingerprint density at radius 2 is 2.00 bits per heavy atom. The highest BCUT2D eigenvalue weighted by Crippen LogP contribution is 2.17. The van der Waals surface area contributed by atoms with Gasteiger partial charge >= 0.3 is 0 Å². The molecule has 26 heavy (non-hydrogen) atoms. The fourth-order valence-electron chi connectivity index (χ4n) is 3.48. The van der Waals surface area contributed by atoms with Crippen molar-refractivity contribution in [3.63, 3.8) is 0 Å². The Morgan fingerprint density at radius 3 is 2.73 bits per heavy atom. The van der Waals surface area contributed by atoms with Crippen molar-refractivity contribution in [3.05, 3.63) is 64.3 Å². The van der Waals surface area contributed by atoms with Crippen molar-refractivity contribution >= 4 is 16.7 Å². The Hall–Kier alpha value is -2.73. The molecular formula is C20H23N5O. The summed E-state index contributed by atoms with van der Waals surface area (Å²) in [5.74, 6) is 0. The van der Waals surface area contributed by atoms with Gasteiger partial charge in [-0.1, -0.05) is 6.92 Å². The van der Waals surface area contributed by atoms with Crippen molar-refractivity contribution in [2.24, 2.45) is 0 Å². The van der Waals surface area contributed by atoms with E-state index >= 15 is 0 Å². The van der Waals surface area contributed by atoms with Gasteiger partial charge in [-0.05, 0) is 36.2 Å². The molecule has 1 aliphatic rings. The predicted molar refractivity (Wildman–Crippen MR) is 103 cm³/mol. The van der Waals surface area contributed by atoms with Crippen molar-refractivity contribution in [2.45, 2.75) is 19.9 Å². The van der Waals surface area contributed by atoms with E-state index in [1.807, 2.05) is 31.5 Å². The van der Waals surface area contributed by atoms with E-state index in [4.69, 9.17) is 0 Å². The fraction of sp³-hybridized carbons (Fsp3) is 0.350. The summed E-state index contributed by atoms with van der Waals surface area (Å²) in [5, 5.41) is 0. The van der Waals surface area contributed by atoms with Crippen LogP contribution in [0, 0.1) is 0 Å². The van der Waals surface area contributed by atoms with Crippen LogP contribution in [0.2, 0.25) is 0 Å². The summed E-state index contributed by atoms with van der Waals surface area (Å²) in [7, 11) is 0. The first-order chi connectivity index (χ1) is 12.7. The van der Waals surface area contributed by atoms with Crippen LogP contribution >= 0.6 is 0 Å². The maximum atomic E-state index is 12.0. The maximum absolute atomic E-state index is 12.0. The second-order valence-electron chi connectivity index (χ2n) is 6.73. The van der Waals surface area contributed by atoms with Crippen molar-refractivity contribution in [1.82, 2.24) is 19.9 Å². The van der Waals surface area contributed by atoms with Gasteiger partial charge in [0.15, 0.2) is 0 Å². The van der Waals surface area contributed by atoms with Gasteiger partial charge in [0.25, 0.3) is 5.56 Å². The molecule has 0 spiro atoms. The highest BCUT2D eigenvalue weighted by Gasteiger charge is 2.17. The standard InChI is InChI=1S/C20H23N5O/c1-2-16-11-18-19(23-20(16)26)10-15(12-22-18)14-24-6-8-25(9-7-24)17-4-3-5-21-13-17/h3-5,10-13H,2,6-9,14H2,1H3,(H,23,26). The van der Waals surface area contributed by atoms with E-state index in [9.17, 15) is 4.79 Å². The summed E-state index contributed by atoms with van der Waals surface area (Å²) < 4.78 is 0. The molecule has 134 valence electrons. The highest BCUT2D eigenvalue weighted by atomic mass is 16.1. The summed E-state index contributed by atoms with van der Waals surface area (Å²) in [6.07, 6.45) is 6.37. The van der Waals surface area contributed by atoms with Crippen molar-refractivity contribution < 1.29 is 0 Å². The lowest BCUT2D eigenvalue weighted by Crippen LogP contribution is -2.46. The van der Waals surface area contributed by atoms with Gasteiger partial charge in [0.05, 0.1) is 22.9 Å². The minimum atomic E-state index is -0.0102. The first-order valence-corrected chi connectivity index (χ1v) is 9.11. The van der Waals surface area contributed by atoms with Crippen LogP contribution in [0.4, 0.5) is 5.69 Å². The number of nitrogens with zero attached hydrogens (tertiary/aromatic N) is 4. The summed E-state index contributed by atoms with van der Waals surface area (Å²) in [6, 6.07) is 8.03. The van der Waals surface area contributed by atoms with E-state index in [0.29, 0.717) is 0 Å². The third-order valence-corrected chi connectivity index (χ3v) is 5.00. The molecule has 4 rings (SSSR count). The van der Waals surface area contributed by atoms with Gasteiger partial charge in [-0.3, -0.25) is 19.7 Å². The predicted octanol–water partition coefficient (Wildman–Crippen LogP) is 2.20. The average molecular weight is 349 g/mol. The number of rotatable bonds is 4. The van der Waals surface area contributed by atoms with E-state index in [1.165, 1.54) is 5.69 Å². The molecule has 6 heteroatoms. The number of aromatic amines is 1. The second-order valence-corrected chi connectivity index (χ2v) is 6.73. The largest absolute Gasteiger partial charge is 0.368 e. The molecule has 6 nitrogen and oxygen atoms in total. The van der Waals surface area contributed by atoms with E-state index in [2.05, 4.69) is 36.9 Å². The minimum absolute atomic E-state index is 0.0102. The number of pyridine rings is 3. The van der Waals surface area contributed by atoms with Crippen LogP contribution in [0.1, 0.15) is 18.1 Å². The minimum Gasteiger partial charge on any atom is -0.368 e. The van der Waals surface area contributed by atoms with Crippen LogP contribution in [-0.4, -0.2) is 46.0 Å². The van der Waals surface area contributed by atoms with E-state index < -0.39 is 0 Å². The van der Waals surface area contributed by atoms with Crippen molar-refractivity contribution in [2.75, 3.05) is 31.1 Å². The molecule has 0 saturated carbocycles. The summed E-state index contributed by atoms with van der Waals surface area (Å²) in [6.45, 7) is 6.81. The first-order valence-electron chi connectivity index (χ1n) is 9.11. The SMILES string of the molecule is CCc1cc2ncc(CN3CCN(c4cccnc4)CC3)cc2[nH]c1=O. The van der Waals surface area contributed by atoms with Crippen LogP contribution in [0.5, 0.6) is 0 Å². The summed E-state index contributed by atoms with van der Waals surface area (Å²) in [4.78, 5) is 28.5. The zero-order valence-corrected chi connectivity index (χ0v) is 15.0. The van der Waals surface area contributed by atoms with Gasteiger partial charge in [-0.15, -0.1) is 0 Å². The smallest absolute Gasteiger partial charge is 0.251 e. The number of nitrogens with one attached hydrogen (secondary N) is 1. The molecule has 4 heterocycles. The normalized spacial score (nSPS) is 15.5. The van der Waals surface area contributed by atoms with Crippen LogP contribution in [0.3, 0.4) is 0 Å². The molecule has 1 saturated heterocycles. The number of fused-ring (bicyclic) bond motifs is 1. The number of hydrogen-bond donors (Lipinski definition) is 1. The highest BCUT2D eigenvalue weighted by molar-refractivity contribution is 5.74. The van der Waals surface area contributed by atoms with Gasteiger partial charge in [-0.25, -0.2) is 0 Å². The number of aryl methyl sites for hydroxylation is 1. The molecule has 1 fully saturated rings. The second kappa shape index (κ2) is 7.25. The molecule has 0 radical (unpaired) electrons. The molecule has 0 atom stereocenters. The monoisotopic (exact) mass is 349 g/mol. The Kier molecular flexibility index (Phi) is 4.67. The Labute approximate surface area is 152 Å². The molecule has 0 aliphatic carbocycles. The lowest BCUT2D eigenvalue weighted by atomic mass is 10.1. The Morgan fingerprint density at radius 1 is 1.15 bits per heavy atom. The van der Waals surface area contributed by atoms with Gasteiger partial charge in [-0.2, -0.15) is 0 Å². The lowest BCUT2D eigenvalue weighted by Gasteiger charge is -2.35. The zero-order chi connectivity index (χ0) is 17.9. The maximum Gasteiger partial charge on any atom is 0.251 e.